The van der Waals surface area contributed by atoms with Crippen LogP contribution in [-0.4, -0.2) is 29.4 Å². The summed E-state index contributed by atoms with van der Waals surface area (Å²) in [6.07, 6.45) is 1.16. The fraction of sp³-hybridized carbons (Fsp3) is 0.200. The molecule has 1 heterocycles. The standard InChI is InChI=1S/C10H12N4O2S/c1-14-10(11)12-9(13-14)7-4-3-5-8(6-7)17(2,15)16/h3-6H,1-2H3,(H2,11,12,13). The van der Waals surface area contributed by atoms with E-state index in [0.717, 1.165) is 6.26 Å². The summed E-state index contributed by atoms with van der Waals surface area (Å²) in [6.45, 7) is 0. The molecule has 2 rings (SSSR count). The van der Waals surface area contributed by atoms with Crippen LogP contribution in [0.5, 0.6) is 0 Å². The molecular formula is C10H12N4O2S. The van der Waals surface area contributed by atoms with E-state index in [4.69, 9.17) is 5.73 Å². The molecular weight excluding hydrogens is 240 g/mol. The number of hydrogen-bond donors (Lipinski definition) is 1. The molecule has 0 aliphatic rings. The van der Waals surface area contributed by atoms with E-state index in [1.165, 1.54) is 16.8 Å². The van der Waals surface area contributed by atoms with Gasteiger partial charge in [-0.25, -0.2) is 13.1 Å². The van der Waals surface area contributed by atoms with Crippen molar-refractivity contribution >= 4 is 15.8 Å². The summed E-state index contributed by atoms with van der Waals surface area (Å²) in [5.41, 5.74) is 6.20. The summed E-state index contributed by atoms with van der Waals surface area (Å²) in [7, 11) is -1.56. The van der Waals surface area contributed by atoms with Crippen molar-refractivity contribution in [2.75, 3.05) is 12.0 Å². The predicted molar refractivity (Wildman–Crippen MR) is 64.0 cm³/mol. The minimum absolute atomic E-state index is 0.237. The second kappa shape index (κ2) is 3.85. The molecule has 0 saturated carbocycles. The normalized spacial score (nSPS) is 11.6. The summed E-state index contributed by atoms with van der Waals surface area (Å²) in [5.74, 6) is 0.695. The van der Waals surface area contributed by atoms with Crippen molar-refractivity contribution < 1.29 is 8.42 Å². The first kappa shape index (κ1) is 11.6. The third kappa shape index (κ3) is 2.28. The highest BCUT2D eigenvalue weighted by Gasteiger charge is 2.11. The van der Waals surface area contributed by atoms with Crippen molar-refractivity contribution in [2.45, 2.75) is 4.90 Å². The summed E-state index contributed by atoms with van der Waals surface area (Å²) >= 11 is 0. The molecule has 0 aliphatic heterocycles. The second-order valence-electron chi connectivity index (χ2n) is 3.72. The Balaban J connectivity index is 2.54. The molecule has 0 unspecified atom stereocenters. The molecule has 0 spiro atoms. The highest BCUT2D eigenvalue weighted by atomic mass is 32.2. The van der Waals surface area contributed by atoms with Gasteiger partial charge in [0.1, 0.15) is 0 Å². The zero-order valence-corrected chi connectivity index (χ0v) is 10.3. The monoisotopic (exact) mass is 252 g/mol. The Labute approximate surface area is 99.0 Å². The van der Waals surface area contributed by atoms with Crippen LogP contribution in [0.2, 0.25) is 0 Å². The largest absolute Gasteiger partial charge is 0.368 e. The number of sulfone groups is 1. The van der Waals surface area contributed by atoms with Crippen LogP contribution in [-0.2, 0) is 16.9 Å². The number of nitrogens with two attached hydrogens (primary N) is 1. The van der Waals surface area contributed by atoms with Gasteiger partial charge in [-0.2, -0.15) is 4.98 Å². The molecule has 1 aromatic carbocycles. The number of aromatic nitrogens is 3. The van der Waals surface area contributed by atoms with Gasteiger partial charge in [0.25, 0.3) is 0 Å². The SMILES string of the molecule is Cn1nc(-c2cccc(S(C)(=O)=O)c2)nc1N. The van der Waals surface area contributed by atoms with Gasteiger partial charge < -0.3 is 5.73 Å². The van der Waals surface area contributed by atoms with Gasteiger partial charge in [0.2, 0.25) is 5.95 Å². The van der Waals surface area contributed by atoms with E-state index in [2.05, 4.69) is 10.1 Å². The lowest BCUT2D eigenvalue weighted by Crippen LogP contribution is -1.97. The lowest BCUT2D eigenvalue weighted by molar-refractivity contribution is 0.602. The number of nitrogen functional groups attached to an aromatic ring is 1. The van der Waals surface area contributed by atoms with Crippen LogP contribution in [0.1, 0.15) is 0 Å². The molecule has 2 aromatic rings. The number of hydrogen-bond acceptors (Lipinski definition) is 5. The van der Waals surface area contributed by atoms with Gasteiger partial charge in [-0.05, 0) is 12.1 Å². The minimum Gasteiger partial charge on any atom is -0.368 e. The zero-order valence-electron chi connectivity index (χ0n) is 9.45. The van der Waals surface area contributed by atoms with Crippen LogP contribution < -0.4 is 5.73 Å². The summed E-state index contributed by atoms with van der Waals surface area (Å²) in [4.78, 5) is 4.28. The van der Waals surface area contributed by atoms with Crippen molar-refractivity contribution in [3.63, 3.8) is 0 Å². The number of aryl methyl sites for hydroxylation is 1. The lowest BCUT2D eigenvalue weighted by atomic mass is 10.2. The maximum atomic E-state index is 11.4. The highest BCUT2D eigenvalue weighted by Crippen LogP contribution is 2.20. The van der Waals surface area contributed by atoms with Gasteiger partial charge in [-0.1, -0.05) is 12.1 Å². The molecule has 0 atom stereocenters. The van der Waals surface area contributed by atoms with Gasteiger partial charge in [0, 0.05) is 18.9 Å². The van der Waals surface area contributed by atoms with E-state index >= 15 is 0 Å². The van der Waals surface area contributed by atoms with Crippen molar-refractivity contribution in [3.05, 3.63) is 24.3 Å². The molecule has 0 bridgehead atoms. The third-order valence-electron chi connectivity index (χ3n) is 2.32. The Kier molecular flexibility index (Phi) is 2.62. The maximum absolute atomic E-state index is 11.4. The Morgan fingerprint density at radius 3 is 2.59 bits per heavy atom. The fourth-order valence-electron chi connectivity index (χ4n) is 1.38. The van der Waals surface area contributed by atoms with Crippen LogP contribution in [0.25, 0.3) is 11.4 Å². The first-order valence-corrected chi connectivity index (χ1v) is 6.74. The average molecular weight is 252 g/mol. The average Bonchev–Trinajstić information content (AvgIpc) is 2.58. The van der Waals surface area contributed by atoms with E-state index in [-0.39, 0.29) is 10.8 Å². The van der Waals surface area contributed by atoms with Crippen LogP contribution in [0, 0.1) is 0 Å². The summed E-state index contributed by atoms with van der Waals surface area (Å²) < 4.78 is 24.3. The molecule has 90 valence electrons. The number of benzene rings is 1. The highest BCUT2D eigenvalue weighted by molar-refractivity contribution is 7.90. The lowest BCUT2D eigenvalue weighted by Gasteiger charge is -2.00. The molecule has 0 radical (unpaired) electrons. The summed E-state index contributed by atoms with van der Waals surface area (Å²) in [5, 5.41) is 4.09. The van der Waals surface area contributed by atoms with Gasteiger partial charge in [0.05, 0.1) is 4.90 Å². The quantitative estimate of drug-likeness (QED) is 0.838. The maximum Gasteiger partial charge on any atom is 0.218 e. The Morgan fingerprint density at radius 2 is 2.06 bits per heavy atom. The van der Waals surface area contributed by atoms with Gasteiger partial charge >= 0.3 is 0 Å². The smallest absolute Gasteiger partial charge is 0.218 e. The molecule has 0 aliphatic carbocycles. The van der Waals surface area contributed by atoms with Crippen molar-refractivity contribution in [1.82, 2.24) is 14.8 Å². The Morgan fingerprint density at radius 1 is 1.35 bits per heavy atom. The van der Waals surface area contributed by atoms with E-state index < -0.39 is 9.84 Å². The molecule has 0 saturated heterocycles. The second-order valence-corrected chi connectivity index (χ2v) is 5.73. The first-order chi connectivity index (χ1) is 7.88. The Hall–Kier alpha value is -1.89. The number of nitrogens with zero attached hydrogens (tertiary/aromatic N) is 3. The van der Waals surface area contributed by atoms with E-state index in [0.29, 0.717) is 11.4 Å². The van der Waals surface area contributed by atoms with Gasteiger partial charge in [0.15, 0.2) is 15.7 Å². The minimum atomic E-state index is -3.23. The van der Waals surface area contributed by atoms with E-state index in [9.17, 15) is 8.42 Å². The van der Waals surface area contributed by atoms with E-state index in [1.54, 1.807) is 19.2 Å². The fourth-order valence-corrected chi connectivity index (χ4v) is 2.05. The first-order valence-electron chi connectivity index (χ1n) is 4.85. The van der Waals surface area contributed by atoms with Crippen LogP contribution in [0.4, 0.5) is 5.95 Å². The molecule has 1 aromatic heterocycles. The Bertz CT molecular complexity index is 641. The van der Waals surface area contributed by atoms with Crippen molar-refractivity contribution in [2.24, 2.45) is 7.05 Å². The van der Waals surface area contributed by atoms with Crippen LogP contribution in [0.3, 0.4) is 0 Å². The molecule has 7 heteroatoms. The molecule has 17 heavy (non-hydrogen) atoms. The number of anilines is 1. The predicted octanol–water partition coefficient (Wildman–Crippen LogP) is 0.468. The zero-order chi connectivity index (χ0) is 12.6. The topological polar surface area (TPSA) is 90.9 Å². The summed E-state index contributed by atoms with van der Waals surface area (Å²) in [6, 6.07) is 6.46. The number of rotatable bonds is 2. The van der Waals surface area contributed by atoms with Crippen molar-refractivity contribution in [1.29, 1.82) is 0 Å². The van der Waals surface area contributed by atoms with Gasteiger partial charge in [-0.3, -0.25) is 0 Å². The van der Waals surface area contributed by atoms with Crippen molar-refractivity contribution in [3.8, 4) is 11.4 Å². The van der Waals surface area contributed by atoms with Gasteiger partial charge in [-0.15, -0.1) is 5.10 Å². The van der Waals surface area contributed by atoms with E-state index in [1.807, 2.05) is 0 Å². The third-order valence-corrected chi connectivity index (χ3v) is 3.43. The molecule has 0 amide bonds. The molecule has 0 fully saturated rings. The molecule has 6 nitrogen and oxygen atoms in total. The van der Waals surface area contributed by atoms with Crippen LogP contribution >= 0.6 is 0 Å². The van der Waals surface area contributed by atoms with Crippen LogP contribution in [0.15, 0.2) is 29.2 Å². The molecule has 2 N–H and O–H groups in total.